The van der Waals surface area contributed by atoms with Crippen LogP contribution in [0.3, 0.4) is 0 Å². The van der Waals surface area contributed by atoms with Gasteiger partial charge in [-0.25, -0.2) is 0 Å². The number of fused-ring (bicyclic) bond motifs is 2. The molecule has 0 N–H and O–H groups in total. The van der Waals surface area contributed by atoms with E-state index >= 15 is 0 Å². The van der Waals surface area contributed by atoms with E-state index in [2.05, 4.69) is 77.6 Å². The van der Waals surface area contributed by atoms with Gasteiger partial charge in [0.05, 0.1) is 6.08 Å². The largest absolute Gasteiger partial charge is 0.398 e. The van der Waals surface area contributed by atoms with Crippen LogP contribution in [0, 0.1) is 0 Å². The molecule has 0 saturated heterocycles. The molecule has 124 valence electrons. The molecular formula is C22H22N2O+2. The molecule has 25 heavy (non-hydrogen) atoms. The van der Waals surface area contributed by atoms with E-state index in [1.54, 1.807) is 0 Å². The second-order valence-corrected chi connectivity index (χ2v) is 6.05. The van der Waals surface area contributed by atoms with E-state index in [-0.39, 0.29) is 0 Å². The van der Waals surface area contributed by atoms with Crippen molar-refractivity contribution in [1.29, 1.82) is 0 Å². The first-order valence-corrected chi connectivity index (χ1v) is 8.83. The first-order chi connectivity index (χ1) is 12.3. The number of hydrogen-bond donors (Lipinski definition) is 0. The number of rotatable bonds is 4. The highest BCUT2D eigenvalue weighted by molar-refractivity contribution is 5.77. The topological polar surface area (TPSA) is 20.9 Å². The number of para-hydroxylation sites is 3. The Hall–Kier alpha value is -2.94. The Morgan fingerprint density at radius 3 is 2.28 bits per heavy atom. The molecule has 3 heteroatoms. The zero-order valence-corrected chi connectivity index (χ0v) is 14.6. The second kappa shape index (κ2) is 6.52. The van der Waals surface area contributed by atoms with Crippen molar-refractivity contribution >= 4 is 34.2 Å². The van der Waals surface area contributed by atoms with Gasteiger partial charge in [-0.2, -0.15) is 9.13 Å². The predicted octanol–water partition coefficient (Wildman–Crippen LogP) is 4.37. The van der Waals surface area contributed by atoms with Crippen LogP contribution in [0.4, 0.5) is 0 Å². The van der Waals surface area contributed by atoms with Crippen LogP contribution in [-0.4, -0.2) is 0 Å². The highest BCUT2D eigenvalue weighted by atomic mass is 16.3. The van der Waals surface area contributed by atoms with Crippen LogP contribution < -0.4 is 9.13 Å². The molecule has 0 unspecified atom stereocenters. The summed E-state index contributed by atoms with van der Waals surface area (Å²) in [4.78, 5) is 0. The van der Waals surface area contributed by atoms with Gasteiger partial charge in [0.15, 0.2) is 0 Å². The van der Waals surface area contributed by atoms with E-state index < -0.39 is 0 Å². The third-order valence-electron chi connectivity index (χ3n) is 4.64. The van der Waals surface area contributed by atoms with Crippen molar-refractivity contribution in [3.05, 3.63) is 72.2 Å². The van der Waals surface area contributed by atoms with Gasteiger partial charge in [-0.1, -0.05) is 24.3 Å². The fraction of sp³-hybridized carbons (Fsp3) is 0.182. The van der Waals surface area contributed by atoms with Crippen molar-refractivity contribution in [2.75, 3.05) is 0 Å². The zero-order chi connectivity index (χ0) is 17.2. The van der Waals surface area contributed by atoms with Crippen LogP contribution in [0.25, 0.3) is 34.2 Å². The number of hydrogen-bond acceptors (Lipinski definition) is 1. The van der Waals surface area contributed by atoms with Gasteiger partial charge in [0, 0.05) is 29.7 Å². The third-order valence-corrected chi connectivity index (χ3v) is 4.64. The Labute approximate surface area is 147 Å². The van der Waals surface area contributed by atoms with Gasteiger partial charge < -0.3 is 4.42 Å². The van der Waals surface area contributed by atoms with E-state index in [0.717, 1.165) is 30.1 Å². The molecule has 0 saturated carbocycles. The number of nitrogens with zero attached hydrogens (tertiary/aromatic N) is 2. The van der Waals surface area contributed by atoms with Crippen LogP contribution >= 0.6 is 0 Å². The summed E-state index contributed by atoms with van der Waals surface area (Å²) in [6, 6.07) is 21.0. The SMILES string of the molecule is CC[n+]1c(C=Cc2oc3ccccc3[n+]2CC)ccc2ccccc21. The van der Waals surface area contributed by atoms with Crippen LogP contribution in [0.1, 0.15) is 25.4 Å². The number of pyridine rings is 1. The predicted molar refractivity (Wildman–Crippen MR) is 101 cm³/mol. The summed E-state index contributed by atoms with van der Waals surface area (Å²) < 4.78 is 10.6. The van der Waals surface area contributed by atoms with Gasteiger partial charge in [-0.3, -0.25) is 0 Å². The molecule has 0 aliphatic carbocycles. The molecule has 0 bridgehead atoms. The molecule has 0 radical (unpaired) electrons. The summed E-state index contributed by atoms with van der Waals surface area (Å²) >= 11 is 0. The molecule has 2 aromatic carbocycles. The van der Waals surface area contributed by atoms with Gasteiger partial charge in [0.1, 0.15) is 13.1 Å². The molecule has 3 nitrogen and oxygen atoms in total. The molecule has 2 heterocycles. The highest BCUT2D eigenvalue weighted by Crippen LogP contribution is 2.16. The maximum absolute atomic E-state index is 6.04. The van der Waals surface area contributed by atoms with Crippen molar-refractivity contribution in [1.82, 2.24) is 0 Å². The van der Waals surface area contributed by atoms with Crippen LogP contribution in [0.2, 0.25) is 0 Å². The molecule has 0 amide bonds. The summed E-state index contributed by atoms with van der Waals surface area (Å²) in [6.07, 6.45) is 4.21. The van der Waals surface area contributed by atoms with Crippen LogP contribution in [0.15, 0.2) is 65.1 Å². The van der Waals surface area contributed by atoms with Crippen LogP contribution in [-0.2, 0) is 13.1 Å². The Morgan fingerprint density at radius 2 is 1.48 bits per heavy atom. The van der Waals surface area contributed by atoms with Gasteiger partial charge >= 0.3 is 5.89 Å². The molecule has 0 aliphatic heterocycles. The van der Waals surface area contributed by atoms with E-state index in [1.165, 1.54) is 16.6 Å². The Kier molecular flexibility index (Phi) is 4.06. The monoisotopic (exact) mass is 330 g/mol. The maximum atomic E-state index is 6.04. The van der Waals surface area contributed by atoms with E-state index in [1.807, 2.05) is 18.2 Å². The smallest absolute Gasteiger partial charge is 0.374 e. The molecular weight excluding hydrogens is 308 g/mol. The van der Waals surface area contributed by atoms with Crippen molar-refractivity contribution < 1.29 is 13.6 Å². The number of oxazole rings is 1. The summed E-state index contributed by atoms with van der Waals surface area (Å²) in [5.41, 5.74) is 4.47. The van der Waals surface area contributed by atoms with E-state index in [4.69, 9.17) is 4.42 Å². The minimum atomic E-state index is 0.875. The summed E-state index contributed by atoms with van der Waals surface area (Å²) in [6.45, 7) is 6.12. The quantitative estimate of drug-likeness (QED) is 0.509. The lowest BCUT2D eigenvalue weighted by atomic mass is 10.2. The van der Waals surface area contributed by atoms with Gasteiger partial charge in [-0.15, -0.1) is 0 Å². The van der Waals surface area contributed by atoms with Gasteiger partial charge in [0.25, 0.3) is 5.52 Å². The lowest BCUT2D eigenvalue weighted by molar-refractivity contribution is -0.674. The normalized spacial score (nSPS) is 11.8. The van der Waals surface area contributed by atoms with Crippen molar-refractivity contribution in [2.45, 2.75) is 26.9 Å². The molecule has 0 spiro atoms. The fourth-order valence-electron chi connectivity index (χ4n) is 3.44. The standard InChI is InChI=1S/C22H22N2O/c1-3-23-18(14-13-17-9-5-6-10-19(17)23)15-16-22-24(4-2)20-11-7-8-12-21(20)25-22/h5-16H,3-4H2,1-2H3/q+2. The molecule has 2 aromatic heterocycles. The Balaban J connectivity index is 1.81. The Morgan fingerprint density at radius 1 is 0.760 bits per heavy atom. The summed E-state index contributed by atoms with van der Waals surface area (Å²) in [7, 11) is 0. The maximum Gasteiger partial charge on any atom is 0.374 e. The van der Waals surface area contributed by atoms with E-state index in [0.29, 0.717) is 0 Å². The lowest BCUT2D eigenvalue weighted by Crippen LogP contribution is -2.36. The molecule has 0 fully saturated rings. The average Bonchev–Trinajstić information content (AvgIpc) is 3.03. The van der Waals surface area contributed by atoms with Crippen molar-refractivity contribution in [3.8, 4) is 0 Å². The first kappa shape index (κ1) is 15.6. The van der Waals surface area contributed by atoms with Gasteiger partial charge in [-0.05, 0) is 32.0 Å². The molecule has 0 aliphatic rings. The summed E-state index contributed by atoms with van der Waals surface area (Å²) in [5.74, 6) is 0.875. The Bertz CT molecular complexity index is 1080. The third kappa shape index (κ3) is 2.72. The van der Waals surface area contributed by atoms with Crippen molar-refractivity contribution in [2.24, 2.45) is 0 Å². The second-order valence-electron chi connectivity index (χ2n) is 6.05. The zero-order valence-electron chi connectivity index (χ0n) is 14.6. The number of aryl methyl sites for hydroxylation is 2. The van der Waals surface area contributed by atoms with Crippen molar-refractivity contribution in [3.63, 3.8) is 0 Å². The number of aromatic nitrogens is 2. The summed E-state index contributed by atoms with van der Waals surface area (Å²) in [5, 5.41) is 1.26. The first-order valence-electron chi connectivity index (χ1n) is 8.83. The molecule has 4 rings (SSSR count). The molecule has 0 atom stereocenters. The average molecular weight is 330 g/mol. The minimum Gasteiger partial charge on any atom is -0.398 e. The lowest BCUT2D eigenvalue weighted by Gasteiger charge is -2.02. The van der Waals surface area contributed by atoms with Crippen LogP contribution in [0.5, 0.6) is 0 Å². The number of benzene rings is 2. The fourth-order valence-corrected chi connectivity index (χ4v) is 3.44. The minimum absolute atomic E-state index is 0.875. The van der Waals surface area contributed by atoms with Gasteiger partial charge in [0.2, 0.25) is 16.8 Å². The highest BCUT2D eigenvalue weighted by Gasteiger charge is 2.19. The molecule has 4 aromatic rings. The van der Waals surface area contributed by atoms with E-state index in [9.17, 15) is 0 Å².